The first-order valence-electron chi connectivity index (χ1n) is 5.18. The van der Waals surface area contributed by atoms with E-state index in [0.29, 0.717) is 0 Å². The predicted octanol–water partition coefficient (Wildman–Crippen LogP) is 3.01. The molecule has 0 fully saturated rings. The Balaban J connectivity index is 2.46. The second kappa shape index (κ2) is 4.22. The van der Waals surface area contributed by atoms with Gasteiger partial charge >= 0.3 is 0 Å². The molecule has 0 saturated carbocycles. The minimum Gasteiger partial charge on any atom is -0.264 e. The zero-order chi connectivity index (χ0) is 10.7. The van der Waals surface area contributed by atoms with Gasteiger partial charge < -0.3 is 0 Å². The summed E-state index contributed by atoms with van der Waals surface area (Å²) < 4.78 is 0. The van der Waals surface area contributed by atoms with Gasteiger partial charge in [0.2, 0.25) is 0 Å². The van der Waals surface area contributed by atoms with Crippen LogP contribution in [-0.2, 0) is 6.42 Å². The average Bonchev–Trinajstić information content (AvgIpc) is 2.31. The van der Waals surface area contributed by atoms with Crippen LogP contribution in [0, 0.1) is 6.92 Å². The quantitative estimate of drug-likeness (QED) is 0.741. The average molecular weight is 198 g/mol. The second-order valence-corrected chi connectivity index (χ2v) is 3.56. The molecule has 0 bridgehead atoms. The zero-order valence-corrected chi connectivity index (χ0v) is 9.07. The van der Waals surface area contributed by atoms with Crippen molar-refractivity contribution in [3.63, 3.8) is 0 Å². The largest absolute Gasteiger partial charge is 0.264 e. The zero-order valence-electron chi connectivity index (χ0n) is 9.07. The highest BCUT2D eigenvalue weighted by Gasteiger charge is 2.02. The lowest BCUT2D eigenvalue weighted by atomic mass is 10.1. The Morgan fingerprint density at radius 3 is 2.73 bits per heavy atom. The van der Waals surface area contributed by atoms with Gasteiger partial charge in [0.05, 0.1) is 5.69 Å². The maximum absolute atomic E-state index is 4.62. The van der Waals surface area contributed by atoms with E-state index < -0.39 is 0 Å². The highest BCUT2D eigenvalue weighted by molar-refractivity contribution is 5.58. The maximum Gasteiger partial charge on any atom is 0.0720 e. The van der Waals surface area contributed by atoms with E-state index in [0.717, 1.165) is 23.4 Å². The number of nitrogens with zero attached hydrogens (tertiary/aromatic N) is 2. The van der Waals surface area contributed by atoms with Crippen molar-refractivity contribution in [2.75, 3.05) is 0 Å². The monoisotopic (exact) mass is 198 g/mol. The Kier molecular flexibility index (Phi) is 2.77. The van der Waals surface area contributed by atoms with Crippen LogP contribution in [0.5, 0.6) is 0 Å². The molecule has 0 spiro atoms. The first-order valence-corrected chi connectivity index (χ1v) is 5.18. The lowest BCUT2D eigenvalue weighted by Gasteiger charge is -2.05. The minimum absolute atomic E-state index is 0.972. The second-order valence-electron chi connectivity index (χ2n) is 3.56. The van der Waals surface area contributed by atoms with Crippen LogP contribution in [0.3, 0.4) is 0 Å². The Bertz CT molecular complexity index is 449. The summed E-state index contributed by atoms with van der Waals surface area (Å²) in [5.41, 5.74) is 4.50. The number of hydrogen-bond donors (Lipinski definition) is 0. The molecule has 0 amide bonds. The van der Waals surface area contributed by atoms with Gasteiger partial charge in [-0.15, -0.1) is 0 Å². The van der Waals surface area contributed by atoms with E-state index in [1.165, 1.54) is 5.56 Å². The molecule has 0 saturated heterocycles. The first kappa shape index (κ1) is 9.84. The molecule has 2 aromatic rings. The molecule has 2 heterocycles. The molecule has 0 aliphatic heterocycles. The molecule has 0 N–H and O–H groups in total. The lowest BCUT2D eigenvalue weighted by Crippen LogP contribution is -1.94. The number of aromatic nitrogens is 2. The molecule has 0 aromatic carbocycles. The summed E-state index contributed by atoms with van der Waals surface area (Å²) in [6, 6.07) is 8.13. The summed E-state index contributed by atoms with van der Waals surface area (Å²) >= 11 is 0. The van der Waals surface area contributed by atoms with E-state index in [1.54, 1.807) is 6.20 Å². The maximum atomic E-state index is 4.62. The smallest absolute Gasteiger partial charge is 0.0720 e. The SMILES string of the molecule is CCc1nc(-c2cccnc2)ccc1C. The van der Waals surface area contributed by atoms with Crippen molar-refractivity contribution < 1.29 is 0 Å². The number of hydrogen-bond acceptors (Lipinski definition) is 2. The summed E-state index contributed by atoms with van der Waals surface area (Å²) in [5, 5.41) is 0. The molecule has 2 heteroatoms. The normalized spacial score (nSPS) is 10.3. The lowest BCUT2D eigenvalue weighted by molar-refractivity contribution is 1.01. The van der Waals surface area contributed by atoms with E-state index in [2.05, 4.69) is 29.9 Å². The molecule has 2 aromatic heterocycles. The standard InChI is InChI=1S/C13H14N2/c1-3-12-10(2)6-7-13(15-12)11-5-4-8-14-9-11/h4-9H,3H2,1-2H3. The van der Waals surface area contributed by atoms with Gasteiger partial charge in [-0.25, -0.2) is 0 Å². The Labute approximate surface area is 90.0 Å². The minimum atomic E-state index is 0.972. The van der Waals surface area contributed by atoms with Gasteiger partial charge in [0.25, 0.3) is 0 Å². The van der Waals surface area contributed by atoms with Crippen LogP contribution in [0.25, 0.3) is 11.3 Å². The number of aryl methyl sites for hydroxylation is 2. The van der Waals surface area contributed by atoms with Gasteiger partial charge in [-0.05, 0) is 37.1 Å². The van der Waals surface area contributed by atoms with Gasteiger partial charge in [0.15, 0.2) is 0 Å². The van der Waals surface area contributed by atoms with Crippen molar-refractivity contribution in [3.8, 4) is 11.3 Å². The highest BCUT2D eigenvalue weighted by atomic mass is 14.7. The first-order chi connectivity index (χ1) is 7.31. The molecule has 15 heavy (non-hydrogen) atoms. The number of pyridine rings is 2. The predicted molar refractivity (Wildman–Crippen MR) is 61.6 cm³/mol. The highest BCUT2D eigenvalue weighted by Crippen LogP contribution is 2.17. The third kappa shape index (κ3) is 2.04. The van der Waals surface area contributed by atoms with Crippen molar-refractivity contribution in [1.82, 2.24) is 9.97 Å². The van der Waals surface area contributed by atoms with E-state index >= 15 is 0 Å². The van der Waals surface area contributed by atoms with E-state index in [1.807, 2.05) is 24.4 Å². The molecule has 76 valence electrons. The Morgan fingerprint density at radius 1 is 1.20 bits per heavy atom. The fraction of sp³-hybridized carbons (Fsp3) is 0.231. The van der Waals surface area contributed by atoms with Crippen LogP contribution in [0.4, 0.5) is 0 Å². The van der Waals surface area contributed by atoms with Crippen molar-refractivity contribution in [2.24, 2.45) is 0 Å². The van der Waals surface area contributed by atoms with Crippen molar-refractivity contribution in [1.29, 1.82) is 0 Å². The molecule has 0 atom stereocenters. The Hall–Kier alpha value is -1.70. The van der Waals surface area contributed by atoms with Crippen molar-refractivity contribution >= 4 is 0 Å². The third-order valence-corrected chi connectivity index (χ3v) is 2.49. The molecular formula is C13H14N2. The van der Waals surface area contributed by atoms with Crippen LogP contribution in [0.2, 0.25) is 0 Å². The summed E-state index contributed by atoms with van der Waals surface area (Å²) in [6.07, 6.45) is 4.59. The van der Waals surface area contributed by atoms with Crippen LogP contribution < -0.4 is 0 Å². The van der Waals surface area contributed by atoms with Gasteiger partial charge in [0, 0.05) is 23.7 Å². The third-order valence-electron chi connectivity index (χ3n) is 2.49. The summed E-state index contributed by atoms with van der Waals surface area (Å²) in [4.78, 5) is 8.72. The van der Waals surface area contributed by atoms with E-state index in [4.69, 9.17) is 0 Å². The fourth-order valence-electron chi connectivity index (χ4n) is 1.60. The summed E-state index contributed by atoms with van der Waals surface area (Å²) in [5.74, 6) is 0. The van der Waals surface area contributed by atoms with Crippen molar-refractivity contribution in [3.05, 3.63) is 47.9 Å². The summed E-state index contributed by atoms with van der Waals surface area (Å²) in [6.45, 7) is 4.22. The van der Waals surface area contributed by atoms with Gasteiger partial charge in [-0.1, -0.05) is 13.0 Å². The molecule has 0 aliphatic carbocycles. The van der Waals surface area contributed by atoms with Gasteiger partial charge in [0.1, 0.15) is 0 Å². The molecule has 0 aliphatic rings. The van der Waals surface area contributed by atoms with Gasteiger partial charge in [-0.3, -0.25) is 9.97 Å². The Morgan fingerprint density at radius 2 is 2.07 bits per heavy atom. The van der Waals surface area contributed by atoms with Crippen molar-refractivity contribution in [2.45, 2.75) is 20.3 Å². The van der Waals surface area contributed by atoms with Crippen LogP contribution in [-0.4, -0.2) is 9.97 Å². The van der Waals surface area contributed by atoms with E-state index in [-0.39, 0.29) is 0 Å². The summed E-state index contributed by atoms with van der Waals surface area (Å²) in [7, 11) is 0. The van der Waals surface area contributed by atoms with Crippen LogP contribution >= 0.6 is 0 Å². The molecule has 0 radical (unpaired) electrons. The number of rotatable bonds is 2. The fourth-order valence-corrected chi connectivity index (χ4v) is 1.60. The molecular weight excluding hydrogens is 184 g/mol. The topological polar surface area (TPSA) is 25.8 Å². The van der Waals surface area contributed by atoms with Crippen LogP contribution in [0.15, 0.2) is 36.7 Å². The van der Waals surface area contributed by atoms with Gasteiger partial charge in [-0.2, -0.15) is 0 Å². The van der Waals surface area contributed by atoms with Crippen LogP contribution in [0.1, 0.15) is 18.2 Å². The molecule has 2 rings (SSSR count). The van der Waals surface area contributed by atoms with E-state index in [9.17, 15) is 0 Å². The molecule has 0 unspecified atom stereocenters. The molecule has 2 nitrogen and oxygen atoms in total.